The van der Waals surface area contributed by atoms with Gasteiger partial charge < -0.3 is 20.2 Å². The molecule has 1 rings (SSSR count). The van der Waals surface area contributed by atoms with Crippen LogP contribution in [0.5, 0.6) is 0 Å². The Morgan fingerprint density at radius 2 is 2.41 bits per heavy atom. The average Bonchev–Trinajstić information content (AvgIpc) is 2.33. The maximum absolute atomic E-state index is 11.5. The van der Waals surface area contributed by atoms with E-state index < -0.39 is 18.6 Å². The Labute approximate surface area is 98.8 Å². The molecule has 1 aliphatic heterocycles. The van der Waals surface area contributed by atoms with Gasteiger partial charge in [0, 0.05) is 6.54 Å². The SMILES string of the molecule is CO/N=C/C1=CCCN(C(=O)OCC(N)=O)C1. The standard InChI is InChI=1S/C10H15N3O4/c1-16-12-5-8-3-2-4-13(6-8)10(15)17-7-9(11)14/h3,5H,2,4,6-7H2,1H3,(H2,11,14)/b12-5+. The molecule has 0 aliphatic carbocycles. The molecule has 0 aromatic rings. The summed E-state index contributed by atoms with van der Waals surface area (Å²) in [4.78, 5) is 28.0. The molecule has 0 unspecified atom stereocenters. The van der Waals surface area contributed by atoms with E-state index in [2.05, 4.69) is 9.99 Å². The number of hydrogen-bond acceptors (Lipinski definition) is 5. The number of primary amides is 1. The van der Waals surface area contributed by atoms with Gasteiger partial charge in [-0.05, 0) is 12.0 Å². The lowest BCUT2D eigenvalue weighted by molar-refractivity contribution is -0.121. The number of nitrogens with zero attached hydrogens (tertiary/aromatic N) is 2. The number of rotatable bonds is 4. The van der Waals surface area contributed by atoms with Crippen LogP contribution in [0.3, 0.4) is 0 Å². The van der Waals surface area contributed by atoms with Crippen LogP contribution in [0, 0.1) is 0 Å². The normalized spacial score (nSPS) is 15.6. The van der Waals surface area contributed by atoms with Gasteiger partial charge in [-0.1, -0.05) is 11.2 Å². The fraction of sp³-hybridized carbons (Fsp3) is 0.500. The van der Waals surface area contributed by atoms with E-state index in [1.807, 2.05) is 6.08 Å². The Hall–Kier alpha value is -2.05. The van der Waals surface area contributed by atoms with Crippen molar-refractivity contribution in [3.05, 3.63) is 11.6 Å². The van der Waals surface area contributed by atoms with E-state index in [0.717, 1.165) is 5.57 Å². The number of hydrogen-bond donors (Lipinski definition) is 1. The molecule has 0 saturated heterocycles. The number of carbonyl (C=O) groups is 2. The van der Waals surface area contributed by atoms with E-state index in [0.29, 0.717) is 19.5 Å². The second-order valence-corrected chi connectivity index (χ2v) is 3.43. The molecule has 94 valence electrons. The zero-order valence-corrected chi connectivity index (χ0v) is 9.59. The van der Waals surface area contributed by atoms with Crippen LogP contribution in [-0.2, 0) is 14.4 Å². The number of nitrogens with two attached hydrogens (primary N) is 1. The van der Waals surface area contributed by atoms with Crippen LogP contribution < -0.4 is 5.73 Å². The van der Waals surface area contributed by atoms with Gasteiger partial charge in [0.25, 0.3) is 5.91 Å². The molecule has 7 nitrogen and oxygen atoms in total. The van der Waals surface area contributed by atoms with Crippen molar-refractivity contribution >= 4 is 18.2 Å². The van der Waals surface area contributed by atoms with Crippen LogP contribution in [-0.4, -0.2) is 49.9 Å². The number of ether oxygens (including phenoxy) is 1. The summed E-state index contributed by atoms with van der Waals surface area (Å²) >= 11 is 0. The third-order valence-corrected chi connectivity index (χ3v) is 2.10. The molecule has 0 aromatic carbocycles. The number of carbonyl (C=O) groups excluding carboxylic acids is 2. The molecule has 1 heterocycles. The molecule has 0 saturated carbocycles. The topological polar surface area (TPSA) is 94.2 Å². The van der Waals surface area contributed by atoms with E-state index in [4.69, 9.17) is 10.5 Å². The van der Waals surface area contributed by atoms with Crippen LogP contribution >= 0.6 is 0 Å². The maximum Gasteiger partial charge on any atom is 0.410 e. The summed E-state index contributed by atoms with van der Waals surface area (Å²) in [5, 5.41) is 3.62. The largest absolute Gasteiger partial charge is 0.439 e. The minimum atomic E-state index is -0.674. The van der Waals surface area contributed by atoms with Gasteiger partial charge in [0.15, 0.2) is 6.61 Å². The highest BCUT2D eigenvalue weighted by Crippen LogP contribution is 2.09. The fourth-order valence-electron chi connectivity index (χ4n) is 1.36. The van der Waals surface area contributed by atoms with Crippen molar-refractivity contribution in [1.29, 1.82) is 0 Å². The number of oxime groups is 1. The summed E-state index contributed by atoms with van der Waals surface area (Å²) in [5.74, 6) is -0.674. The Bertz CT molecular complexity index is 351. The molecule has 2 N–H and O–H groups in total. The lowest BCUT2D eigenvalue weighted by atomic mass is 10.1. The maximum atomic E-state index is 11.5. The zero-order valence-electron chi connectivity index (χ0n) is 9.59. The minimum Gasteiger partial charge on any atom is -0.439 e. The van der Waals surface area contributed by atoms with Crippen LogP contribution in [0.1, 0.15) is 6.42 Å². The lowest BCUT2D eigenvalue weighted by Gasteiger charge is -2.24. The molecule has 7 heteroatoms. The lowest BCUT2D eigenvalue weighted by Crippen LogP contribution is -2.38. The van der Waals surface area contributed by atoms with E-state index in [1.54, 1.807) is 0 Å². The van der Waals surface area contributed by atoms with Crippen molar-refractivity contribution in [2.75, 3.05) is 26.8 Å². The Balaban J connectivity index is 2.46. The monoisotopic (exact) mass is 241 g/mol. The molecule has 2 amide bonds. The van der Waals surface area contributed by atoms with Crippen LogP contribution in [0.2, 0.25) is 0 Å². The van der Waals surface area contributed by atoms with Crippen molar-refractivity contribution in [2.45, 2.75) is 6.42 Å². The Morgan fingerprint density at radius 3 is 3.06 bits per heavy atom. The van der Waals surface area contributed by atoms with Crippen LogP contribution in [0.25, 0.3) is 0 Å². The molecule has 0 aromatic heterocycles. The van der Waals surface area contributed by atoms with Crippen molar-refractivity contribution in [3.63, 3.8) is 0 Å². The summed E-state index contributed by atoms with van der Waals surface area (Å²) in [6.45, 7) is 0.521. The van der Waals surface area contributed by atoms with Gasteiger partial charge in [0.1, 0.15) is 7.11 Å². The first-order valence-corrected chi connectivity index (χ1v) is 5.09. The molecule has 0 radical (unpaired) electrons. The molecule has 0 atom stereocenters. The van der Waals surface area contributed by atoms with E-state index in [1.165, 1.54) is 18.2 Å². The second kappa shape index (κ2) is 6.51. The van der Waals surface area contributed by atoms with E-state index >= 15 is 0 Å². The first-order valence-electron chi connectivity index (χ1n) is 5.09. The predicted octanol–water partition coefficient (Wildman–Crippen LogP) is -0.127. The molecular weight excluding hydrogens is 226 g/mol. The average molecular weight is 241 g/mol. The highest BCUT2D eigenvalue weighted by Gasteiger charge is 2.19. The van der Waals surface area contributed by atoms with Gasteiger partial charge in [0.2, 0.25) is 0 Å². The predicted molar refractivity (Wildman–Crippen MR) is 60.3 cm³/mol. The smallest absolute Gasteiger partial charge is 0.410 e. The first-order chi connectivity index (χ1) is 8.13. The van der Waals surface area contributed by atoms with Gasteiger partial charge in [-0.2, -0.15) is 0 Å². The second-order valence-electron chi connectivity index (χ2n) is 3.43. The van der Waals surface area contributed by atoms with Crippen LogP contribution in [0.4, 0.5) is 4.79 Å². The van der Waals surface area contributed by atoms with E-state index in [9.17, 15) is 9.59 Å². The van der Waals surface area contributed by atoms with Gasteiger partial charge >= 0.3 is 6.09 Å². The van der Waals surface area contributed by atoms with Gasteiger partial charge in [-0.15, -0.1) is 0 Å². The number of amides is 2. The van der Waals surface area contributed by atoms with Gasteiger partial charge in [-0.3, -0.25) is 4.79 Å². The molecule has 0 spiro atoms. The molecule has 0 bridgehead atoms. The quantitative estimate of drug-likeness (QED) is 0.548. The Kier molecular flexibility index (Phi) is 4.99. The van der Waals surface area contributed by atoms with E-state index in [-0.39, 0.29) is 0 Å². The zero-order chi connectivity index (χ0) is 12.7. The van der Waals surface area contributed by atoms with Crippen molar-refractivity contribution in [3.8, 4) is 0 Å². The fourth-order valence-corrected chi connectivity index (χ4v) is 1.36. The molecular formula is C10H15N3O4. The van der Waals surface area contributed by atoms with Crippen LogP contribution in [0.15, 0.2) is 16.8 Å². The third kappa shape index (κ3) is 4.54. The van der Waals surface area contributed by atoms with Gasteiger partial charge in [0.05, 0.1) is 12.8 Å². The van der Waals surface area contributed by atoms with Crippen molar-refractivity contribution in [1.82, 2.24) is 4.90 Å². The molecule has 1 aliphatic rings. The minimum absolute atomic E-state index is 0.379. The third-order valence-electron chi connectivity index (χ3n) is 2.10. The summed E-state index contributed by atoms with van der Waals surface area (Å²) in [6, 6.07) is 0. The summed E-state index contributed by atoms with van der Waals surface area (Å²) in [7, 11) is 1.44. The summed E-state index contributed by atoms with van der Waals surface area (Å²) in [5.41, 5.74) is 5.74. The highest BCUT2D eigenvalue weighted by atomic mass is 16.6. The highest BCUT2D eigenvalue weighted by molar-refractivity contribution is 5.82. The molecule has 17 heavy (non-hydrogen) atoms. The Morgan fingerprint density at radius 1 is 1.65 bits per heavy atom. The van der Waals surface area contributed by atoms with Crippen molar-refractivity contribution in [2.24, 2.45) is 10.9 Å². The summed E-state index contributed by atoms with van der Waals surface area (Å²) in [6.07, 6.45) is 3.64. The first kappa shape index (κ1) is 13.0. The van der Waals surface area contributed by atoms with Crippen molar-refractivity contribution < 1.29 is 19.2 Å². The van der Waals surface area contributed by atoms with Gasteiger partial charge in [-0.25, -0.2) is 4.79 Å². The summed E-state index contributed by atoms with van der Waals surface area (Å²) < 4.78 is 4.71. The molecule has 0 fully saturated rings.